The van der Waals surface area contributed by atoms with Gasteiger partial charge in [0, 0.05) is 12.6 Å². The number of allylic oxidation sites excluding steroid dienone is 1. The number of nitrogens with one attached hydrogen (secondary N) is 3. The van der Waals surface area contributed by atoms with Gasteiger partial charge in [-0.2, -0.15) is 0 Å². The lowest BCUT2D eigenvalue weighted by atomic mass is 9.85. The lowest BCUT2D eigenvalue weighted by Gasteiger charge is -2.36. The Hall–Kier alpha value is -4.58. The second-order valence-corrected chi connectivity index (χ2v) is 16.3. The van der Waals surface area contributed by atoms with Gasteiger partial charge < -0.3 is 29.4 Å². The van der Waals surface area contributed by atoms with Gasteiger partial charge in [-0.25, -0.2) is 18.2 Å². The number of nitrogens with zero attached hydrogens (tertiary/aromatic N) is 2. The topological polar surface area (TPSA) is 186 Å². The smallest absolute Gasteiger partial charge is 0.408 e. The van der Waals surface area contributed by atoms with E-state index < -0.39 is 80.3 Å². The molecule has 4 rings (SSSR count). The molecular weight excluding hydrogens is 654 g/mol. The largest absolute Gasteiger partial charge is 0.472 e. The van der Waals surface area contributed by atoms with Crippen LogP contribution in [-0.2, 0) is 29.1 Å². The number of rotatable bonds is 12. The predicted octanol–water partition coefficient (Wildman–Crippen LogP) is 3.03. The summed E-state index contributed by atoms with van der Waals surface area (Å²) in [6.07, 6.45) is 9.48. The minimum Gasteiger partial charge on any atom is -0.472 e. The van der Waals surface area contributed by atoms with Crippen LogP contribution in [0.15, 0.2) is 41.7 Å². The molecule has 3 heterocycles. The lowest BCUT2D eigenvalue weighted by molar-refractivity contribution is -0.142. The summed E-state index contributed by atoms with van der Waals surface area (Å²) in [6, 6.07) is -0.490. The van der Waals surface area contributed by atoms with Gasteiger partial charge in [0.15, 0.2) is 0 Å². The van der Waals surface area contributed by atoms with Crippen LogP contribution in [0.5, 0.6) is 5.88 Å². The maximum absolute atomic E-state index is 14.3. The maximum Gasteiger partial charge on any atom is 0.408 e. The molecule has 1 aliphatic heterocycles. The highest BCUT2D eigenvalue weighted by molar-refractivity contribution is 7.90. The number of sulfonamides is 1. The first-order valence-electron chi connectivity index (χ1n) is 16.1. The molecule has 0 bridgehead atoms. The molecule has 0 radical (unpaired) electrons. The number of hydrogen-bond donors (Lipinski definition) is 3. The van der Waals surface area contributed by atoms with Crippen molar-refractivity contribution in [1.29, 1.82) is 0 Å². The molecular formula is C34H45N5O9S. The average molecular weight is 700 g/mol. The van der Waals surface area contributed by atoms with Crippen LogP contribution in [-0.4, -0.2) is 83.7 Å². The van der Waals surface area contributed by atoms with E-state index in [4.69, 9.17) is 20.3 Å². The fourth-order valence-electron chi connectivity index (χ4n) is 5.48. The highest BCUT2D eigenvalue weighted by Crippen LogP contribution is 2.31. The van der Waals surface area contributed by atoms with Crippen molar-refractivity contribution >= 4 is 44.8 Å². The van der Waals surface area contributed by atoms with E-state index in [2.05, 4.69) is 32.8 Å². The van der Waals surface area contributed by atoms with E-state index in [0.29, 0.717) is 23.8 Å². The third kappa shape index (κ3) is 9.32. The van der Waals surface area contributed by atoms with Crippen LogP contribution >= 0.6 is 0 Å². The third-order valence-electron chi connectivity index (χ3n) is 8.07. The quantitative estimate of drug-likeness (QED) is 0.220. The molecule has 15 heteroatoms. The second-order valence-electron chi connectivity index (χ2n) is 14.4. The van der Waals surface area contributed by atoms with Crippen LogP contribution in [0.4, 0.5) is 4.79 Å². The Labute approximate surface area is 286 Å². The molecule has 1 saturated carbocycles. The molecule has 1 saturated heterocycles. The Balaban J connectivity index is 1.66. The number of amides is 4. The number of terminal acetylenes is 1. The summed E-state index contributed by atoms with van der Waals surface area (Å²) in [7, 11) is -3.97. The zero-order valence-corrected chi connectivity index (χ0v) is 29.5. The number of carbonyl (C=O) groups excluding carboxylic acids is 4. The summed E-state index contributed by atoms with van der Waals surface area (Å²) in [5.74, 6) is -0.640. The summed E-state index contributed by atoms with van der Waals surface area (Å²) in [4.78, 5) is 60.3. The first kappa shape index (κ1) is 37.2. The Bertz CT molecular complexity index is 1730. The number of alkyl carbamates (subject to hydrolysis) is 1. The second kappa shape index (κ2) is 14.5. The van der Waals surface area contributed by atoms with Gasteiger partial charge in [0.1, 0.15) is 35.4 Å². The standard InChI is InChI=1S/C34H45N5O9S/c1-9-11-20(10-2)26(29(41)38-49(44,45)22-12-13-22)36-28(40)24-18-21(47-30-23-15-17-46-25(23)14-16-35-30)19-39(24)31(42)27(33(3,4)5)37-32(43)48-34(6,7)8/h2,9,14-17,20-22,24,26-27H,1,11-13,18-19H2,3-8H3,(H,36,40)(H,37,43)(H,38,41)/t20?,21-,24+,26-,27-/m1/s1. The first-order valence-corrected chi connectivity index (χ1v) is 17.6. The summed E-state index contributed by atoms with van der Waals surface area (Å²) in [5, 5.41) is 5.17. The van der Waals surface area contributed by atoms with Crippen molar-refractivity contribution in [3.63, 3.8) is 0 Å². The van der Waals surface area contributed by atoms with E-state index >= 15 is 0 Å². The molecule has 5 atom stereocenters. The van der Waals surface area contributed by atoms with Crippen LogP contribution in [0.1, 0.15) is 67.2 Å². The maximum atomic E-state index is 14.3. The molecule has 14 nitrogen and oxygen atoms in total. The SMILES string of the molecule is C#CC(CC=C)[C@@H](NC(=O)[C@@H]1C[C@@H](Oc2nccc3occc23)CN1C(=O)[C@@H](NC(=O)OC(C)(C)C)C(C)(C)C)C(=O)NS(=O)(=O)C1CC1. The number of aromatic nitrogens is 1. The van der Waals surface area contributed by atoms with Gasteiger partial charge in [-0.1, -0.05) is 26.8 Å². The molecule has 49 heavy (non-hydrogen) atoms. The zero-order valence-electron chi connectivity index (χ0n) is 28.6. The van der Waals surface area contributed by atoms with Crippen molar-refractivity contribution in [1.82, 2.24) is 25.2 Å². The molecule has 0 aromatic carbocycles. The number of pyridine rings is 1. The fraction of sp³-hybridized carbons (Fsp3) is 0.559. The molecule has 2 aromatic heterocycles. The monoisotopic (exact) mass is 699 g/mol. The van der Waals surface area contributed by atoms with Crippen molar-refractivity contribution in [3.8, 4) is 18.2 Å². The predicted molar refractivity (Wildman–Crippen MR) is 180 cm³/mol. The number of carbonyl (C=O) groups is 4. The molecule has 2 aliphatic rings. The highest BCUT2D eigenvalue weighted by Gasteiger charge is 2.47. The van der Waals surface area contributed by atoms with Gasteiger partial charge in [0.2, 0.25) is 27.7 Å². The van der Waals surface area contributed by atoms with Crippen LogP contribution in [0, 0.1) is 23.7 Å². The van der Waals surface area contributed by atoms with Crippen LogP contribution in [0.25, 0.3) is 11.0 Å². The van der Waals surface area contributed by atoms with Crippen LogP contribution < -0.4 is 20.1 Å². The molecule has 4 amide bonds. The van der Waals surface area contributed by atoms with Crippen LogP contribution in [0.2, 0.25) is 0 Å². The van der Waals surface area contributed by atoms with E-state index in [-0.39, 0.29) is 25.3 Å². The minimum absolute atomic E-state index is 0.0340. The highest BCUT2D eigenvalue weighted by atomic mass is 32.2. The number of hydrogen-bond acceptors (Lipinski definition) is 10. The Kier molecular flexibility index (Phi) is 11.0. The van der Waals surface area contributed by atoms with Gasteiger partial charge in [0.05, 0.1) is 29.4 Å². The fourth-order valence-corrected chi connectivity index (χ4v) is 6.81. The minimum atomic E-state index is -3.97. The van der Waals surface area contributed by atoms with Gasteiger partial charge in [0.25, 0.3) is 5.91 Å². The molecule has 3 N–H and O–H groups in total. The molecule has 0 spiro atoms. The number of furan rings is 1. The van der Waals surface area contributed by atoms with Gasteiger partial charge in [-0.15, -0.1) is 18.9 Å². The lowest BCUT2D eigenvalue weighted by Crippen LogP contribution is -2.60. The van der Waals surface area contributed by atoms with Crippen molar-refractivity contribution in [3.05, 3.63) is 37.2 Å². The van der Waals surface area contributed by atoms with Crippen molar-refractivity contribution in [2.75, 3.05) is 6.54 Å². The van der Waals surface area contributed by atoms with E-state index in [1.165, 1.54) is 23.4 Å². The third-order valence-corrected chi connectivity index (χ3v) is 9.90. The van der Waals surface area contributed by atoms with Gasteiger partial charge >= 0.3 is 6.09 Å². The molecule has 1 unspecified atom stereocenters. The van der Waals surface area contributed by atoms with E-state index in [1.807, 2.05) is 0 Å². The number of ether oxygens (including phenoxy) is 2. The number of fused-ring (bicyclic) bond motifs is 1. The summed E-state index contributed by atoms with van der Waals surface area (Å²) in [5.41, 5.74) is -1.15. The van der Waals surface area contributed by atoms with Gasteiger partial charge in [-0.05, 0) is 57.6 Å². The molecule has 1 aliphatic carbocycles. The molecule has 2 fully saturated rings. The Morgan fingerprint density at radius 1 is 1.16 bits per heavy atom. The Morgan fingerprint density at radius 2 is 1.86 bits per heavy atom. The van der Waals surface area contributed by atoms with Crippen LogP contribution in [0.3, 0.4) is 0 Å². The number of likely N-dealkylation sites (tertiary alicyclic amines) is 1. The van der Waals surface area contributed by atoms with E-state index in [1.54, 1.807) is 53.7 Å². The normalized spacial score (nSPS) is 20.0. The van der Waals surface area contributed by atoms with Gasteiger partial charge in [-0.3, -0.25) is 19.1 Å². The molecule has 266 valence electrons. The summed E-state index contributed by atoms with van der Waals surface area (Å²) >= 11 is 0. The summed E-state index contributed by atoms with van der Waals surface area (Å²) < 4.78 is 44.5. The Morgan fingerprint density at radius 3 is 2.45 bits per heavy atom. The zero-order chi connectivity index (χ0) is 36.3. The van der Waals surface area contributed by atoms with Crippen molar-refractivity contribution < 1.29 is 41.5 Å². The average Bonchev–Trinajstić information content (AvgIpc) is 3.61. The summed E-state index contributed by atoms with van der Waals surface area (Å²) in [6.45, 7) is 13.9. The van der Waals surface area contributed by atoms with E-state index in [0.717, 1.165) is 0 Å². The van der Waals surface area contributed by atoms with E-state index in [9.17, 15) is 27.6 Å². The van der Waals surface area contributed by atoms with Crippen molar-refractivity contribution in [2.24, 2.45) is 11.3 Å². The first-order chi connectivity index (χ1) is 22.8. The molecule has 2 aromatic rings. The van der Waals surface area contributed by atoms with Crippen molar-refractivity contribution in [2.45, 2.75) is 102 Å².